The molecule has 5 heteroatoms. The quantitative estimate of drug-likeness (QED) is 0.194. The first-order valence-corrected chi connectivity index (χ1v) is 8.71. The van der Waals surface area contributed by atoms with Crippen LogP contribution in [0.5, 0.6) is 0 Å². The Hall–Kier alpha value is -0.330. The van der Waals surface area contributed by atoms with E-state index in [0.717, 1.165) is 19.3 Å². The number of hydrogen-bond acceptors (Lipinski definition) is 4. The second-order valence-corrected chi connectivity index (χ2v) is 6.93. The summed E-state index contributed by atoms with van der Waals surface area (Å²) >= 11 is 2.37. The summed E-state index contributed by atoms with van der Waals surface area (Å²) in [5.41, 5.74) is -0.580. The Labute approximate surface area is 136 Å². The van der Waals surface area contributed by atoms with Gasteiger partial charge in [-0.2, -0.15) is 0 Å². The van der Waals surface area contributed by atoms with Crippen molar-refractivity contribution in [2.75, 3.05) is 11.5 Å². The minimum absolute atomic E-state index is 0.475. The maximum atomic E-state index is 12.0. The molecule has 0 aliphatic heterocycles. The minimum atomic E-state index is -0.788. The second-order valence-electron chi connectivity index (χ2n) is 5.85. The zero-order valence-corrected chi connectivity index (χ0v) is 15.2. The molecule has 0 aromatic rings. The van der Waals surface area contributed by atoms with Crippen molar-refractivity contribution in [3.8, 4) is 0 Å². The third-order valence-corrected chi connectivity index (χ3v) is 3.57. The fourth-order valence-electron chi connectivity index (χ4n) is 1.82. The van der Waals surface area contributed by atoms with E-state index in [0.29, 0.717) is 6.42 Å². The summed E-state index contributed by atoms with van der Waals surface area (Å²) in [6, 6.07) is 0. The molecular formula is C15H27IO4. The van der Waals surface area contributed by atoms with Gasteiger partial charge in [0.1, 0.15) is 5.60 Å². The lowest BCUT2D eigenvalue weighted by molar-refractivity contribution is -0.168. The molecule has 0 saturated carbocycles. The summed E-state index contributed by atoms with van der Waals surface area (Å²) in [5.74, 6) is -1.76. The molecule has 0 radical (unpaired) electrons. The molecular weight excluding hydrogens is 371 g/mol. The van der Waals surface area contributed by atoms with Crippen LogP contribution in [0, 0.1) is 5.92 Å². The van der Waals surface area contributed by atoms with E-state index < -0.39 is 23.5 Å². The highest BCUT2D eigenvalue weighted by molar-refractivity contribution is 14.1. The summed E-state index contributed by atoms with van der Waals surface area (Å²) in [7, 11) is 1.31. The van der Waals surface area contributed by atoms with E-state index in [4.69, 9.17) is 9.47 Å². The molecule has 0 spiro atoms. The van der Waals surface area contributed by atoms with Gasteiger partial charge in [0.05, 0.1) is 7.11 Å². The molecule has 0 unspecified atom stereocenters. The van der Waals surface area contributed by atoms with E-state index in [-0.39, 0.29) is 0 Å². The topological polar surface area (TPSA) is 52.6 Å². The van der Waals surface area contributed by atoms with Gasteiger partial charge in [-0.05, 0) is 38.0 Å². The number of alkyl halides is 1. The molecule has 0 aliphatic carbocycles. The van der Waals surface area contributed by atoms with Gasteiger partial charge >= 0.3 is 11.9 Å². The number of halogens is 1. The van der Waals surface area contributed by atoms with Crippen LogP contribution in [0.4, 0.5) is 0 Å². The molecule has 0 bridgehead atoms. The van der Waals surface area contributed by atoms with Crippen LogP contribution in [0.25, 0.3) is 0 Å². The second kappa shape index (κ2) is 10.4. The first-order valence-electron chi connectivity index (χ1n) is 7.18. The van der Waals surface area contributed by atoms with Crippen molar-refractivity contribution in [3.05, 3.63) is 0 Å². The Kier molecular flexibility index (Phi) is 10.2. The number of carbonyl (C=O) groups excluding carboxylic acids is 2. The largest absolute Gasteiger partial charge is 0.468 e. The number of methoxy groups -OCH3 is 1. The predicted octanol–water partition coefficient (Wildman–Crippen LogP) is 3.89. The van der Waals surface area contributed by atoms with Crippen LogP contribution in [-0.2, 0) is 19.1 Å². The van der Waals surface area contributed by atoms with Gasteiger partial charge < -0.3 is 9.47 Å². The van der Waals surface area contributed by atoms with Crippen molar-refractivity contribution in [2.45, 2.75) is 64.9 Å². The number of ether oxygens (including phenoxy) is 2. The third kappa shape index (κ3) is 9.55. The molecule has 0 heterocycles. The maximum absolute atomic E-state index is 12.0. The Morgan fingerprint density at radius 3 is 2.05 bits per heavy atom. The first kappa shape index (κ1) is 19.7. The molecule has 0 amide bonds. The van der Waals surface area contributed by atoms with Crippen molar-refractivity contribution in [1.82, 2.24) is 0 Å². The van der Waals surface area contributed by atoms with Crippen molar-refractivity contribution < 1.29 is 19.1 Å². The van der Waals surface area contributed by atoms with Crippen LogP contribution in [0.2, 0.25) is 0 Å². The number of carbonyl (C=O) groups is 2. The minimum Gasteiger partial charge on any atom is -0.468 e. The smallest absolute Gasteiger partial charge is 0.320 e. The van der Waals surface area contributed by atoms with Crippen LogP contribution in [0.1, 0.15) is 59.3 Å². The zero-order chi connectivity index (χ0) is 15.6. The fourth-order valence-corrected chi connectivity index (χ4v) is 2.36. The molecule has 1 atom stereocenters. The SMILES string of the molecule is COC(=O)[C@H](CCCCCCCI)C(=O)OC(C)(C)C. The Morgan fingerprint density at radius 2 is 1.55 bits per heavy atom. The number of unbranched alkanes of at least 4 members (excludes halogenated alkanes) is 4. The van der Waals surface area contributed by atoms with Crippen LogP contribution in [0.3, 0.4) is 0 Å². The van der Waals surface area contributed by atoms with E-state index in [1.807, 2.05) is 0 Å². The standard InChI is InChI=1S/C15H27IO4/c1-15(2,3)20-14(18)12(13(17)19-4)10-8-6-5-7-9-11-16/h12H,5-11H2,1-4H3/t12-/m0/s1. The predicted molar refractivity (Wildman–Crippen MR) is 87.9 cm³/mol. The van der Waals surface area contributed by atoms with Crippen molar-refractivity contribution in [2.24, 2.45) is 5.92 Å². The molecule has 118 valence electrons. The normalized spacial score (nSPS) is 12.8. The number of hydrogen-bond donors (Lipinski definition) is 0. The van der Waals surface area contributed by atoms with Gasteiger partial charge in [0.2, 0.25) is 0 Å². The van der Waals surface area contributed by atoms with Crippen molar-refractivity contribution in [3.63, 3.8) is 0 Å². The third-order valence-electron chi connectivity index (χ3n) is 2.80. The number of rotatable bonds is 9. The van der Waals surface area contributed by atoms with Crippen LogP contribution in [0.15, 0.2) is 0 Å². The molecule has 0 fully saturated rings. The molecule has 4 nitrogen and oxygen atoms in total. The van der Waals surface area contributed by atoms with Gasteiger partial charge in [-0.15, -0.1) is 0 Å². The Bertz CT molecular complexity index is 297. The summed E-state index contributed by atoms with van der Waals surface area (Å²) < 4.78 is 11.2. The van der Waals surface area contributed by atoms with Crippen LogP contribution >= 0.6 is 22.6 Å². The zero-order valence-electron chi connectivity index (χ0n) is 13.0. The Balaban J connectivity index is 4.23. The van der Waals surface area contributed by atoms with Gasteiger partial charge in [-0.1, -0.05) is 48.3 Å². The first-order chi connectivity index (χ1) is 9.31. The highest BCUT2D eigenvalue weighted by Gasteiger charge is 2.31. The van der Waals surface area contributed by atoms with E-state index >= 15 is 0 Å². The highest BCUT2D eigenvalue weighted by Crippen LogP contribution is 2.18. The fraction of sp³-hybridized carbons (Fsp3) is 0.867. The Morgan fingerprint density at radius 1 is 1.00 bits per heavy atom. The van der Waals surface area contributed by atoms with Gasteiger partial charge in [0.15, 0.2) is 5.92 Å². The summed E-state index contributed by atoms with van der Waals surface area (Å²) in [5, 5.41) is 0. The molecule has 0 saturated heterocycles. The van der Waals surface area contributed by atoms with Gasteiger partial charge in [0.25, 0.3) is 0 Å². The van der Waals surface area contributed by atoms with E-state index in [2.05, 4.69) is 22.6 Å². The molecule has 0 aromatic heterocycles. The lowest BCUT2D eigenvalue weighted by atomic mass is 10.00. The van der Waals surface area contributed by atoms with E-state index in [9.17, 15) is 9.59 Å². The monoisotopic (exact) mass is 398 g/mol. The molecule has 0 N–H and O–H groups in total. The number of esters is 2. The summed E-state index contributed by atoms with van der Waals surface area (Å²) in [6.07, 6.45) is 5.97. The molecule has 0 aromatic carbocycles. The van der Waals surface area contributed by atoms with Crippen molar-refractivity contribution >= 4 is 34.5 Å². The van der Waals surface area contributed by atoms with Gasteiger partial charge in [0, 0.05) is 0 Å². The molecule has 0 aliphatic rings. The molecule has 0 rings (SSSR count). The van der Waals surface area contributed by atoms with Crippen LogP contribution < -0.4 is 0 Å². The maximum Gasteiger partial charge on any atom is 0.320 e. The van der Waals surface area contributed by atoms with Crippen molar-refractivity contribution in [1.29, 1.82) is 0 Å². The lowest BCUT2D eigenvalue weighted by Gasteiger charge is -2.22. The van der Waals surface area contributed by atoms with E-state index in [1.54, 1.807) is 20.8 Å². The average Bonchev–Trinajstić information content (AvgIpc) is 2.35. The average molecular weight is 398 g/mol. The summed E-state index contributed by atoms with van der Waals surface area (Å²) in [4.78, 5) is 23.7. The van der Waals surface area contributed by atoms with Crippen LogP contribution in [-0.4, -0.2) is 29.1 Å². The summed E-state index contributed by atoms with van der Waals surface area (Å²) in [6.45, 7) is 5.38. The molecule has 20 heavy (non-hydrogen) atoms. The lowest BCUT2D eigenvalue weighted by Crippen LogP contribution is -2.33. The van der Waals surface area contributed by atoms with Gasteiger partial charge in [-0.3, -0.25) is 9.59 Å². The van der Waals surface area contributed by atoms with E-state index in [1.165, 1.54) is 24.4 Å². The van der Waals surface area contributed by atoms with Gasteiger partial charge in [-0.25, -0.2) is 0 Å². The highest BCUT2D eigenvalue weighted by atomic mass is 127.